The first-order chi connectivity index (χ1) is 7.38. The molecule has 1 fully saturated rings. The maximum Gasteiger partial charge on any atom is 0.0399 e. The number of nitrogens with zero attached hydrogens (tertiary/aromatic N) is 1. The summed E-state index contributed by atoms with van der Waals surface area (Å²) in [5.41, 5.74) is 8.65. The smallest absolute Gasteiger partial charge is 0.0399 e. The Morgan fingerprint density at radius 1 is 1.27 bits per heavy atom. The van der Waals surface area contributed by atoms with Gasteiger partial charge in [-0.2, -0.15) is 0 Å². The number of fused-ring (bicyclic) bond motifs is 1. The van der Waals surface area contributed by atoms with Crippen molar-refractivity contribution in [3.8, 4) is 0 Å². The fourth-order valence-electron chi connectivity index (χ4n) is 2.70. The van der Waals surface area contributed by atoms with Crippen LogP contribution in [0.5, 0.6) is 0 Å². The van der Waals surface area contributed by atoms with Crippen molar-refractivity contribution in [2.45, 2.75) is 12.8 Å². The molecule has 15 heavy (non-hydrogen) atoms. The van der Waals surface area contributed by atoms with Crippen molar-refractivity contribution in [2.75, 3.05) is 24.5 Å². The lowest BCUT2D eigenvalue weighted by Gasteiger charge is -2.19. The molecule has 2 atom stereocenters. The number of nitrogens with two attached hydrogens (primary N) is 1. The highest BCUT2D eigenvalue weighted by atomic mass is 15.2. The van der Waals surface area contributed by atoms with Gasteiger partial charge in [0.2, 0.25) is 0 Å². The third-order valence-electron chi connectivity index (χ3n) is 3.81. The zero-order valence-electron chi connectivity index (χ0n) is 9.02. The number of anilines is 1. The average Bonchev–Trinajstić information content (AvgIpc) is 2.91. The van der Waals surface area contributed by atoms with Crippen molar-refractivity contribution in [3.05, 3.63) is 29.8 Å². The molecule has 0 radical (unpaired) electrons. The molecule has 0 amide bonds. The van der Waals surface area contributed by atoms with Crippen LogP contribution in [0.25, 0.3) is 0 Å². The topological polar surface area (TPSA) is 29.3 Å². The summed E-state index contributed by atoms with van der Waals surface area (Å²) in [6.07, 6.45) is 2.56. The summed E-state index contributed by atoms with van der Waals surface area (Å²) in [7, 11) is 0. The van der Waals surface area contributed by atoms with E-state index in [1.54, 1.807) is 0 Å². The van der Waals surface area contributed by atoms with E-state index in [9.17, 15) is 0 Å². The standard InChI is InChI=1S/C13H18N2/c14-8-11-7-12(11)9-15-6-5-10-3-1-2-4-13(10)15/h1-4,11-12H,5-9,14H2/t11-,12-/m1/s1. The van der Waals surface area contributed by atoms with Crippen LogP contribution in [-0.2, 0) is 6.42 Å². The van der Waals surface area contributed by atoms with E-state index >= 15 is 0 Å². The van der Waals surface area contributed by atoms with Gasteiger partial charge in [-0.25, -0.2) is 0 Å². The van der Waals surface area contributed by atoms with Gasteiger partial charge in [0, 0.05) is 18.8 Å². The molecule has 1 saturated carbocycles. The van der Waals surface area contributed by atoms with Crippen LogP contribution >= 0.6 is 0 Å². The molecule has 80 valence electrons. The van der Waals surface area contributed by atoms with Crippen LogP contribution in [0.4, 0.5) is 5.69 Å². The van der Waals surface area contributed by atoms with E-state index in [1.165, 1.54) is 37.2 Å². The van der Waals surface area contributed by atoms with Crippen LogP contribution in [-0.4, -0.2) is 19.6 Å². The van der Waals surface area contributed by atoms with Crippen LogP contribution in [0.2, 0.25) is 0 Å². The number of rotatable bonds is 3. The molecule has 0 aromatic heterocycles. The first-order valence-electron chi connectivity index (χ1n) is 5.91. The van der Waals surface area contributed by atoms with E-state index in [-0.39, 0.29) is 0 Å². The molecule has 0 spiro atoms. The summed E-state index contributed by atoms with van der Waals surface area (Å²) in [4.78, 5) is 2.54. The highest BCUT2D eigenvalue weighted by Crippen LogP contribution is 2.40. The van der Waals surface area contributed by atoms with Crippen LogP contribution in [0.1, 0.15) is 12.0 Å². The molecule has 2 heteroatoms. The van der Waals surface area contributed by atoms with Crippen molar-refractivity contribution in [1.82, 2.24) is 0 Å². The fraction of sp³-hybridized carbons (Fsp3) is 0.538. The summed E-state index contributed by atoms with van der Waals surface area (Å²) >= 11 is 0. The minimum Gasteiger partial charge on any atom is -0.371 e. The fourth-order valence-corrected chi connectivity index (χ4v) is 2.70. The van der Waals surface area contributed by atoms with E-state index in [4.69, 9.17) is 5.73 Å². The van der Waals surface area contributed by atoms with Gasteiger partial charge in [0.05, 0.1) is 0 Å². The second-order valence-corrected chi connectivity index (χ2v) is 4.82. The zero-order valence-corrected chi connectivity index (χ0v) is 9.02. The third-order valence-corrected chi connectivity index (χ3v) is 3.81. The van der Waals surface area contributed by atoms with E-state index in [1.807, 2.05) is 0 Å². The van der Waals surface area contributed by atoms with Gasteiger partial charge >= 0.3 is 0 Å². The minimum atomic E-state index is 0.803. The summed E-state index contributed by atoms with van der Waals surface area (Å²) in [6, 6.07) is 8.79. The maximum atomic E-state index is 5.67. The molecule has 2 aliphatic rings. The first kappa shape index (κ1) is 9.22. The van der Waals surface area contributed by atoms with Crippen molar-refractivity contribution in [3.63, 3.8) is 0 Å². The Labute approximate surface area is 91.1 Å². The Hall–Kier alpha value is -1.02. The molecule has 1 aliphatic carbocycles. The second-order valence-electron chi connectivity index (χ2n) is 4.82. The molecule has 2 N–H and O–H groups in total. The number of hydrogen-bond donors (Lipinski definition) is 1. The average molecular weight is 202 g/mol. The lowest BCUT2D eigenvalue weighted by atomic mass is 10.2. The lowest BCUT2D eigenvalue weighted by molar-refractivity contribution is 0.675. The second kappa shape index (κ2) is 3.53. The van der Waals surface area contributed by atoms with Gasteiger partial charge in [-0.15, -0.1) is 0 Å². The zero-order chi connectivity index (χ0) is 10.3. The summed E-state index contributed by atoms with van der Waals surface area (Å²) < 4.78 is 0. The Morgan fingerprint density at radius 2 is 2.13 bits per heavy atom. The number of benzene rings is 1. The van der Waals surface area contributed by atoms with E-state index in [0.29, 0.717) is 0 Å². The van der Waals surface area contributed by atoms with Gasteiger partial charge < -0.3 is 10.6 Å². The summed E-state index contributed by atoms with van der Waals surface area (Å²) in [6.45, 7) is 3.30. The molecule has 0 bridgehead atoms. The monoisotopic (exact) mass is 202 g/mol. The molecule has 0 saturated heterocycles. The van der Waals surface area contributed by atoms with E-state index < -0.39 is 0 Å². The summed E-state index contributed by atoms with van der Waals surface area (Å²) in [5, 5.41) is 0. The van der Waals surface area contributed by atoms with Crippen LogP contribution in [0.15, 0.2) is 24.3 Å². The van der Waals surface area contributed by atoms with Gasteiger partial charge in [-0.05, 0) is 42.9 Å². The molecule has 1 aliphatic heterocycles. The predicted octanol–water partition coefficient (Wildman–Crippen LogP) is 1.64. The highest BCUT2D eigenvalue weighted by molar-refractivity contribution is 5.57. The van der Waals surface area contributed by atoms with E-state index in [0.717, 1.165) is 18.4 Å². The van der Waals surface area contributed by atoms with Crippen molar-refractivity contribution in [1.29, 1.82) is 0 Å². The number of para-hydroxylation sites is 1. The maximum absolute atomic E-state index is 5.67. The largest absolute Gasteiger partial charge is 0.371 e. The van der Waals surface area contributed by atoms with Gasteiger partial charge in [0.25, 0.3) is 0 Å². The van der Waals surface area contributed by atoms with Gasteiger partial charge in [0.15, 0.2) is 0 Å². The molecule has 3 rings (SSSR count). The highest BCUT2D eigenvalue weighted by Gasteiger charge is 2.37. The van der Waals surface area contributed by atoms with Gasteiger partial charge in [-0.3, -0.25) is 0 Å². The van der Waals surface area contributed by atoms with Gasteiger partial charge in [-0.1, -0.05) is 18.2 Å². The SMILES string of the molecule is NC[C@H]1C[C@@H]1CN1CCc2ccccc21. The predicted molar refractivity (Wildman–Crippen MR) is 63.0 cm³/mol. The first-order valence-corrected chi connectivity index (χ1v) is 5.91. The molecule has 1 aromatic rings. The Morgan fingerprint density at radius 3 is 2.93 bits per heavy atom. The Kier molecular flexibility index (Phi) is 2.17. The molecular weight excluding hydrogens is 184 g/mol. The minimum absolute atomic E-state index is 0.803. The van der Waals surface area contributed by atoms with Gasteiger partial charge in [0.1, 0.15) is 0 Å². The van der Waals surface area contributed by atoms with Crippen molar-refractivity contribution >= 4 is 5.69 Å². The molecule has 1 aromatic carbocycles. The van der Waals surface area contributed by atoms with Crippen LogP contribution < -0.4 is 10.6 Å². The third kappa shape index (κ3) is 1.63. The molecule has 2 nitrogen and oxygen atoms in total. The Balaban J connectivity index is 1.69. The Bertz CT molecular complexity index is 361. The quantitative estimate of drug-likeness (QED) is 0.807. The normalized spacial score (nSPS) is 27.9. The number of hydrogen-bond acceptors (Lipinski definition) is 2. The van der Waals surface area contributed by atoms with E-state index in [2.05, 4.69) is 29.2 Å². The molecule has 0 unspecified atom stereocenters. The van der Waals surface area contributed by atoms with Crippen molar-refractivity contribution < 1.29 is 0 Å². The van der Waals surface area contributed by atoms with Crippen molar-refractivity contribution in [2.24, 2.45) is 17.6 Å². The van der Waals surface area contributed by atoms with Crippen LogP contribution in [0, 0.1) is 11.8 Å². The lowest BCUT2D eigenvalue weighted by Crippen LogP contribution is -2.24. The molecule has 1 heterocycles. The summed E-state index contributed by atoms with van der Waals surface area (Å²) in [5.74, 6) is 1.67. The molecular formula is C13H18N2. The van der Waals surface area contributed by atoms with Crippen LogP contribution in [0.3, 0.4) is 0 Å².